The van der Waals surface area contributed by atoms with Gasteiger partial charge in [-0.05, 0) is 35.7 Å². The van der Waals surface area contributed by atoms with E-state index in [0.717, 1.165) is 25.6 Å². The Kier molecular flexibility index (Phi) is 6.70. The van der Waals surface area contributed by atoms with Crippen LogP contribution >= 0.6 is 11.3 Å². The van der Waals surface area contributed by atoms with Crippen LogP contribution in [0.5, 0.6) is 0 Å². The van der Waals surface area contributed by atoms with Crippen molar-refractivity contribution in [3.05, 3.63) is 22.4 Å². The van der Waals surface area contributed by atoms with E-state index >= 15 is 0 Å². The summed E-state index contributed by atoms with van der Waals surface area (Å²) in [6.07, 6.45) is 2.42. The fourth-order valence-electron chi connectivity index (χ4n) is 1.52. The van der Waals surface area contributed by atoms with Gasteiger partial charge in [-0.1, -0.05) is 13.3 Å². The second-order valence-corrected chi connectivity index (χ2v) is 4.86. The molecule has 0 saturated carbocycles. The van der Waals surface area contributed by atoms with Gasteiger partial charge >= 0.3 is 0 Å². The Morgan fingerprint density at radius 1 is 1.47 bits per heavy atom. The van der Waals surface area contributed by atoms with Crippen molar-refractivity contribution in [3.63, 3.8) is 0 Å². The Hall–Kier alpha value is -1.03. The molecule has 0 saturated heterocycles. The standard InChI is InChI=1S/C13H23N3S/c1-4-6-8-16(3)13(14-5-2)15-10-12-7-9-17-11-12/h7,9,11H,4-6,8,10H2,1-3H3,(H,14,15). The average Bonchev–Trinajstić information content (AvgIpc) is 2.84. The van der Waals surface area contributed by atoms with E-state index in [-0.39, 0.29) is 0 Å². The highest BCUT2D eigenvalue weighted by Crippen LogP contribution is 2.07. The van der Waals surface area contributed by atoms with Crippen LogP contribution in [0.2, 0.25) is 0 Å². The van der Waals surface area contributed by atoms with E-state index in [2.05, 4.69) is 52.9 Å². The fraction of sp³-hybridized carbons (Fsp3) is 0.615. The molecule has 0 spiro atoms. The van der Waals surface area contributed by atoms with Crippen LogP contribution in [0.4, 0.5) is 0 Å². The molecule has 4 heteroatoms. The summed E-state index contributed by atoms with van der Waals surface area (Å²) < 4.78 is 0. The number of nitrogens with zero attached hydrogens (tertiary/aromatic N) is 2. The minimum absolute atomic E-state index is 0.766. The Morgan fingerprint density at radius 2 is 2.29 bits per heavy atom. The van der Waals surface area contributed by atoms with Crippen LogP contribution in [-0.2, 0) is 6.54 Å². The molecule has 0 fully saturated rings. The summed E-state index contributed by atoms with van der Waals surface area (Å²) in [7, 11) is 2.10. The highest BCUT2D eigenvalue weighted by molar-refractivity contribution is 7.07. The molecule has 0 amide bonds. The smallest absolute Gasteiger partial charge is 0.193 e. The zero-order chi connectivity index (χ0) is 12.5. The molecule has 1 N–H and O–H groups in total. The summed E-state index contributed by atoms with van der Waals surface area (Å²) in [6.45, 7) is 7.06. The Labute approximate surface area is 109 Å². The summed E-state index contributed by atoms with van der Waals surface area (Å²) in [5, 5.41) is 7.58. The number of hydrogen-bond acceptors (Lipinski definition) is 2. The summed E-state index contributed by atoms with van der Waals surface area (Å²) in [4.78, 5) is 6.85. The van der Waals surface area contributed by atoms with Gasteiger partial charge in [0.2, 0.25) is 0 Å². The van der Waals surface area contributed by atoms with Gasteiger partial charge in [-0.2, -0.15) is 11.3 Å². The Bertz CT molecular complexity index is 319. The Morgan fingerprint density at radius 3 is 2.88 bits per heavy atom. The highest BCUT2D eigenvalue weighted by Gasteiger charge is 2.04. The molecule has 0 aliphatic heterocycles. The first kappa shape index (κ1) is 14.0. The number of guanidine groups is 1. The lowest BCUT2D eigenvalue weighted by atomic mass is 10.3. The third-order valence-corrected chi connectivity index (χ3v) is 3.27. The van der Waals surface area contributed by atoms with Crippen LogP contribution < -0.4 is 5.32 Å². The second-order valence-electron chi connectivity index (χ2n) is 4.08. The van der Waals surface area contributed by atoms with Crippen LogP contribution in [0.3, 0.4) is 0 Å². The maximum Gasteiger partial charge on any atom is 0.193 e. The third-order valence-electron chi connectivity index (χ3n) is 2.54. The van der Waals surface area contributed by atoms with Crippen molar-refractivity contribution < 1.29 is 0 Å². The average molecular weight is 253 g/mol. The molecule has 0 radical (unpaired) electrons. The van der Waals surface area contributed by atoms with Gasteiger partial charge in [0.1, 0.15) is 0 Å². The molecule has 0 aliphatic rings. The van der Waals surface area contributed by atoms with Crippen molar-refractivity contribution in [3.8, 4) is 0 Å². The van der Waals surface area contributed by atoms with Crippen molar-refractivity contribution >= 4 is 17.3 Å². The van der Waals surface area contributed by atoms with Gasteiger partial charge in [0.05, 0.1) is 6.54 Å². The molecule has 17 heavy (non-hydrogen) atoms. The zero-order valence-electron chi connectivity index (χ0n) is 11.1. The van der Waals surface area contributed by atoms with Crippen molar-refractivity contribution in [2.24, 2.45) is 4.99 Å². The van der Waals surface area contributed by atoms with Gasteiger partial charge in [0.15, 0.2) is 5.96 Å². The number of rotatable bonds is 6. The SMILES string of the molecule is CCCCN(C)C(=NCc1ccsc1)NCC. The molecule has 1 aromatic heterocycles. The highest BCUT2D eigenvalue weighted by atomic mass is 32.1. The van der Waals surface area contributed by atoms with Gasteiger partial charge in [-0.15, -0.1) is 0 Å². The molecular formula is C13H23N3S. The first-order valence-corrected chi connectivity index (χ1v) is 7.22. The largest absolute Gasteiger partial charge is 0.357 e. The predicted molar refractivity (Wildman–Crippen MR) is 76.7 cm³/mol. The number of unbranched alkanes of at least 4 members (excludes halogenated alkanes) is 1. The van der Waals surface area contributed by atoms with Crippen LogP contribution in [0.15, 0.2) is 21.8 Å². The van der Waals surface area contributed by atoms with E-state index in [4.69, 9.17) is 0 Å². The summed E-state index contributed by atoms with van der Waals surface area (Å²) in [5.41, 5.74) is 1.29. The van der Waals surface area contributed by atoms with Crippen molar-refractivity contribution in [1.29, 1.82) is 0 Å². The van der Waals surface area contributed by atoms with Crippen LogP contribution in [0.25, 0.3) is 0 Å². The molecule has 0 unspecified atom stereocenters. The van der Waals surface area contributed by atoms with Gasteiger partial charge in [-0.25, -0.2) is 4.99 Å². The van der Waals surface area contributed by atoms with Crippen LogP contribution in [-0.4, -0.2) is 31.0 Å². The molecule has 96 valence electrons. The van der Waals surface area contributed by atoms with E-state index in [1.165, 1.54) is 18.4 Å². The molecule has 1 aromatic rings. The summed E-state index contributed by atoms with van der Waals surface area (Å²) >= 11 is 1.72. The van der Waals surface area contributed by atoms with Crippen molar-refractivity contribution in [2.45, 2.75) is 33.2 Å². The predicted octanol–water partition coefficient (Wildman–Crippen LogP) is 2.95. The number of nitrogens with one attached hydrogen (secondary N) is 1. The van der Waals surface area contributed by atoms with E-state index in [1.54, 1.807) is 11.3 Å². The zero-order valence-corrected chi connectivity index (χ0v) is 11.9. The maximum absolute atomic E-state index is 4.65. The van der Waals surface area contributed by atoms with Gasteiger partial charge in [0, 0.05) is 20.1 Å². The lowest BCUT2D eigenvalue weighted by Crippen LogP contribution is -2.39. The number of thiophene rings is 1. The quantitative estimate of drug-likeness (QED) is 0.623. The van der Waals surface area contributed by atoms with E-state index in [9.17, 15) is 0 Å². The molecule has 0 aliphatic carbocycles. The lowest BCUT2D eigenvalue weighted by molar-refractivity contribution is 0.465. The molecule has 0 atom stereocenters. The number of hydrogen-bond donors (Lipinski definition) is 1. The molecule has 3 nitrogen and oxygen atoms in total. The Balaban J connectivity index is 2.54. The van der Waals surface area contributed by atoms with Crippen molar-refractivity contribution in [1.82, 2.24) is 10.2 Å². The minimum Gasteiger partial charge on any atom is -0.357 e. The van der Waals surface area contributed by atoms with Gasteiger partial charge in [-0.3, -0.25) is 0 Å². The molecule has 1 heterocycles. The topological polar surface area (TPSA) is 27.6 Å². The molecule has 0 bridgehead atoms. The maximum atomic E-state index is 4.65. The van der Waals surface area contributed by atoms with Crippen molar-refractivity contribution in [2.75, 3.05) is 20.1 Å². The first-order valence-electron chi connectivity index (χ1n) is 6.28. The second kappa shape index (κ2) is 8.12. The van der Waals surface area contributed by atoms with Gasteiger partial charge < -0.3 is 10.2 Å². The lowest BCUT2D eigenvalue weighted by Gasteiger charge is -2.21. The van der Waals surface area contributed by atoms with E-state index < -0.39 is 0 Å². The minimum atomic E-state index is 0.766. The van der Waals surface area contributed by atoms with Crippen LogP contribution in [0.1, 0.15) is 32.3 Å². The molecule has 1 rings (SSSR count). The third kappa shape index (κ3) is 5.22. The summed E-state index contributed by atoms with van der Waals surface area (Å²) in [5.74, 6) is 1.01. The van der Waals surface area contributed by atoms with E-state index in [0.29, 0.717) is 0 Å². The first-order chi connectivity index (χ1) is 8.27. The summed E-state index contributed by atoms with van der Waals surface area (Å²) in [6, 6.07) is 2.13. The number of aliphatic imine (C=N–C) groups is 1. The van der Waals surface area contributed by atoms with Crippen LogP contribution in [0, 0.1) is 0 Å². The monoisotopic (exact) mass is 253 g/mol. The molecular weight excluding hydrogens is 230 g/mol. The van der Waals surface area contributed by atoms with E-state index in [1.807, 2.05) is 0 Å². The fourth-order valence-corrected chi connectivity index (χ4v) is 2.18. The molecule has 0 aromatic carbocycles. The normalized spacial score (nSPS) is 11.6. The van der Waals surface area contributed by atoms with Gasteiger partial charge in [0.25, 0.3) is 0 Å².